The lowest BCUT2D eigenvalue weighted by molar-refractivity contribution is -0.133. The van der Waals surface area contributed by atoms with Crippen LogP contribution in [0.4, 0.5) is 0 Å². The van der Waals surface area contributed by atoms with Gasteiger partial charge in [0.25, 0.3) is 0 Å². The van der Waals surface area contributed by atoms with Gasteiger partial charge >= 0.3 is 0 Å². The Balaban J connectivity index is 1.55. The van der Waals surface area contributed by atoms with Gasteiger partial charge in [-0.3, -0.25) is 9.69 Å². The molecule has 150 valence electrons. The first-order chi connectivity index (χ1) is 12.9. The van der Waals surface area contributed by atoms with Crippen molar-refractivity contribution in [2.45, 2.75) is 13.5 Å². The van der Waals surface area contributed by atoms with Gasteiger partial charge < -0.3 is 14.4 Å². The maximum Gasteiger partial charge on any atom is 0.236 e. The number of piperazine rings is 1. The second-order valence-electron chi connectivity index (χ2n) is 6.82. The zero-order valence-electron chi connectivity index (χ0n) is 15.9. The van der Waals surface area contributed by atoms with Crippen molar-refractivity contribution in [3.05, 3.63) is 23.8 Å². The topological polar surface area (TPSA) is 79.4 Å². The first-order valence-corrected chi connectivity index (χ1v) is 11.1. The molecule has 2 aliphatic rings. The van der Waals surface area contributed by atoms with Crippen molar-refractivity contribution in [2.75, 3.05) is 58.7 Å². The second-order valence-corrected chi connectivity index (χ2v) is 8.81. The number of likely N-dealkylation sites (N-methyl/N-ethyl adjacent to an activating group) is 1. The van der Waals surface area contributed by atoms with Gasteiger partial charge in [0, 0.05) is 32.7 Å². The normalized spacial score (nSPS) is 18.0. The Hall–Kier alpha value is -1.84. The van der Waals surface area contributed by atoms with Crippen LogP contribution in [0.25, 0.3) is 0 Å². The fourth-order valence-corrected chi connectivity index (χ4v) is 4.11. The van der Waals surface area contributed by atoms with Crippen LogP contribution in [-0.4, -0.2) is 87.2 Å². The van der Waals surface area contributed by atoms with Gasteiger partial charge in [0.05, 0.1) is 12.8 Å². The Labute approximate surface area is 160 Å². The van der Waals surface area contributed by atoms with E-state index >= 15 is 0 Å². The average Bonchev–Trinajstić information content (AvgIpc) is 2.66. The predicted molar refractivity (Wildman–Crippen MR) is 101 cm³/mol. The fourth-order valence-electron chi connectivity index (χ4n) is 3.28. The van der Waals surface area contributed by atoms with Crippen LogP contribution in [-0.2, 0) is 21.4 Å². The molecule has 1 saturated heterocycles. The summed E-state index contributed by atoms with van der Waals surface area (Å²) in [6.45, 7) is 6.42. The van der Waals surface area contributed by atoms with Crippen LogP contribution in [0.2, 0.25) is 0 Å². The lowest BCUT2D eigenvalue weighted by Crippen LogP contribution is -2.52. The molecular formula is C18H27N3O5S. The lowest BCUT2D eigenvalue weighted by atomic mass is 10.1. The molecule has 2 heterocycles. The number of carbonyl (C=O) groups is 1. The maximum absolute atomic E-state index is 12.6. The first-order valence-electron chi connectivity index (χ1n) is 9.20. The molecule has 9 heteroatoms. The summed E-state index contributed by atoms with van der Waals surface area (Å²) in [5, 5.41) is 0. The number of benzene rings is 1. The number of fused-ring (bicyclic) bond motifs is 1. The van der Waals surface area contributed by atoms with Crippen LogP contribution in [0.15, 0.2) is 18.2 Å². The fraction of sp³-hybridized carbons (Fsp3) is 0.611. The van der Waals surface area contributed by atoms with Crippen LogP contribution in [0.1, 0.15) is 12.5 Å². The molecule has 0 saturated carbocycles. The predicted octanol–water partition coefficient (Wildman–Crippen LogP) is 0.384. The minimum atomic E-state index is -3.19. The molecule has 1 aromatic carbocycles. The molecule has 2 aliphatic heterocycles. The van der Waals surface area contributed by atoms with Gasteiger partial charge in [0.1, 0.15) is 13.2 Å². The molecule has 0 aliphatic carbocycles. The Morgan fingerprint density at radius 3 is 2.41 bits per heavy atom. The SMILES string of the molecule is CCN(CC(=O)N1CCN(S(C)(=O)=O)CC1)Cc1ccc2c(c1)OCCO2. The van der Waals surface area contributed by atoms with E-state index in [1.165, 1.54) is 10.6 Å². The summed E-state index contributed by atoms with van der Waals surface area (Å²) in [6, 6.07) is 5.86. The molecule has 0 spiro atoms. The number of ether oxygens (including phenoxy) is 2. The van der Waals surface area contributed by atoms with E-state index in [1.54, 1.807) is 4.90 Å². The molecule has 0 unspecified atom stereocenters. The number of amides is 1. The second kappa shape index (κ2) is 8.45. The lowest BCUT2D eigenvalue weighted by Gasteiger charge is -2.34. The number of rotatable bonds is 6. The van der Waals surface area contributed by atoms with E-state index in [-0.39, 0.29) is 5.91 Å². The molecule has 3 rings (SSSR count). The van der Waals surface area contributed by atoms with E-state index in [4.69, 9.17) is 9.47 Å². The minimum Gasteiger partial charge on any atom is -0.486 e. The number of nitrogens with zero attached hydrogens (tertiary/aromatic N) is 3. The van der Waals surface area contributed by atoms with Crippen molar-refractivity contribution in [1.82, 2.24) is 14.1 Å². The quantitative estimate of drug-likeness (QED) is 0.691. The molecule has 8 nitrogen and oxygen atoms in total. The van der Waals surface area contributed by atoms with Crippen LogP contribution < -0.4 is 9.47 Å². The number of hydrogen-bond donors (Lipinski definition) is 0. The summed E-state index contributed by atoms with van der Waals surface area (Å²) >= 11 is 0. The maximum atomic E-state index is 12.6. The summed E-state index contributed by atoms with van der Waals surface area (Å²) in [4.78, 5) is 16.4. The minimum absolute atomic E-state index is 0.0301. The summed E-state index contributed by atoms with van der Waals surface area (Å²) in [5.74, 6) is 1.54. The molecule has 1 fully saturated rings. The number of hydrogen-bond acceptors (Lipinski definition) is 6. The van der Waals surface area contributed by atoms with Gasteiger partial charge in [-0.05, 0) is 24.2 Å². The monoisotopic (exact) mass is 397 g/mol. The molecule has 27 heavy (non-hydrogen) atoms. The third-order valence-corrected chi connectivity index (χ3v) is 6.18. The Kier molecular flexibility index (Phi) is 6.23. The average molecular weight is 397 g/mol. The first kappa shape index (κ1) is 19.9. The van der Waals surface area contributed by atoms with Crippen molar-refractivity contribution < 1.29 is 22.7 Å². The third kappa shape index (κ3) is 5.12. The Morgan fingerprint density at radius 2 is 1.78 bits per heavy atom. The molecule has 0 aromatic heterocycles. The van der Waals surface area contributed by atoms with Crippen molar-refractivity contribution in [1.29, 1.82) is 0 Å². The highest BCUT2D eigenvalue weighted by atomic mass is 32.2. The number of sulfonamides is 1. The summed E-state index contributed by atoms with van der Waals surface area (Å²) < 4.78 is 35.8. The third-order valence-electron chi connectivity index (χ3n) is 4.88. The van der Waals surface area contributed by atoms with Gasteiger partial charge in [-0.1, -0.05) is 13.0 Å². The zero-order chi connectivity index (χ0) is 19.4. The van der Waals surface area contributed by atoms with E-state index in [0.717, 1.165) is 23.6 Å². The van der Waals surface area contributed by atoms with Crippen molar-refractivity contribution >= 4 is 15.9 Å². The van der Waals surface area contributed by atoms with Crippen molar-refractivity contribution in [3.63, 3.8) is 0 Å². The molecule has 1 aromatic rings. The van der Waals surface area contributed by atoms with E-state index in [9.17, 15) is 13.2 Å². The van der Waals surface area contributed by atoms with E-state index in [2.05, 4.69) is 4.90 Å². The standard InChI is InChI=1S/C18H27N3O5S/c1-3-19(13-15-4-5-16-17(12-15)26-11-10-25-16)14-18(22)20-6-8-21(9-7-20)27(2,23)24/h4-5,12H,3,6-11,13-14H2,1-2H3. The van der Waals surface area contributed by atoms with Gasteiger partial charge in [-0.25, -0.2) is 8.42 Å². The molecule has 0 N–H and O–H groups in total. The molecule has 1 amide bonds. The van der Waals surface area contributed by atoms with Gasteiger partial charge in [-0.2, -0.15) is 4.31 Å². The Morgan fingerprint density at radius 1 is 1.11 bits per heavy atom. The smallest absolute Gasteiger partial charge is 0.236 e. The highest BCUT2D eigenvalue weighted by Gasteiger charge is 2.26. The largest absolute Gasteiger partial charge is 0.486 e. The van der Waals surface area contributed by atoms with Gasteiger partial charge in [0.2, 0.25) is 15.9 Å². The summed E-state index contributed by atoms with van der Waals surface area (Å²) in [6.07, 6.45) is 1.20. The van der Waals surface area contributed by atoms with Gasteiger partial charge in [-0.15, -0.1) is 0 Å². The summed E-state index contributed by atoms with van der Waals surface area (Å²) in [5.41, 5.74) is 1.07. The van der Waals surface area contributed by atoms with Crippen molar-refractivity contribution in [2.24, 2.45) is 0 Å². The van der Waals surface area contributed by atoms with E-state index in [0.29, 0.717) is 52.5 Å². The van der Waals surface area contributed by atoms with Crippen LogP contribution in [0.5, 0.6) is 11.5 Å². The molecule has 0 radical (unpaired) electrons. The van der Waals surface area contributed by atoms with Crippen LogP contribution in [0.3, 0.4) is 0 Å². The van der Waals surface area contributed by atoms with Crippen LogP contribution in [0, 0.1) is 0 Å². The Bertz CT molecular complexity index is 775. The van der Waals surface area contributed by atoms with Gasteiger partial charge in [0.15, 0.2) is 11.5 Å². The molecular weight excluding hydrogens is 370 g/mol. The van der Waals surface area contributed by atoms with Crippen LogP contribution >= 0.6 is 0 Å². The summed E-state index contributed by atoms with van der Waals surface area (Å²) in [7, 11) is -3.19. The number of carbonyl (C=O) groups excluding carboxylic acids is 1. The highest BCUT2D eigenvalue weighted by molar-refractivity contribution is 7.88. The van der Waals surface area contributed by atoms with E-state index in [1.807, 2.05) is 25.1 Å². The van der Waals surface area contributed by atoms with E-state index < -0.39 is 10.0 Å². The van der Waals surface area contributed by atoms with Crippen molar-refractivity contribution in [3.8, 4) is 11.5 Å². The molecule has 0 bridgehead atoms. The highest BCUT2D eigenvalue weighted by Crippen LogP contribution is 2.31. The molecule has 0 atom stereocenters. The zero-order valence-corrected chi connectivity index (χ0v) is 16.7.